The van der Waals surface area contributed by atoms with Crippen molar-refractivity contribution in [3.05, 3.63) is 35.4 Å². The zero-order valence-electron chi connectivity index (χ0n) is 17.5. The molecule has 8 nitrogen and oxygen atoms in total. The molecule has 2 aliphatic heterocycles. The van der Waals surface area contributed by atoms with Crippen LogP contribution in [-0.4, -0.2) is 87.2 Å². The Balaban J connectivity index is 1.24. The second-order valence-corrected chi connectivity index (χ2v) is 7.95. The Morgan fingerprint density at radius 1 is 1.10 bits per heavy atom. The van der Waals surface area contributed by atoms with Crippen LogP contribution in [0.3, 0.4) is 0 Å². The maximum absolute atomic E-state index is 12.6. The van der Waals surface area contributed by atoms with E-state index in [0.717, 1.165) is 19.3 Å². The largest absolute Gasteiger partial charge is 0.443 e. The first-order valence-electron chi connectivity index (χ1n) is 10.7. The van der Waals surface area contributed by atoms with Crippen LogP contribution in [0.4, 0.5) is 4.79 Å². The van der Waals surface area contributed by atoms with Gasteiger partial charge in [-0.25, -0.2) is 4.79 Å². The summed E-state index contributed by atoms with van der Waals surface area (Å²) in [5.41, 5.74) is 2.47. The molecule has 0 bridgehead atoms. The molecular formula is C22H30N2O6. The molecule has 2 unspecified atom stereocenters. The lowest BCUT2D eigenvalue weighted by molar-refractivity contribution is -0.138. The van der Waals surface area contributed by atoms with Gasteiger partial charge in [-0.15, -0.1) is 0 Å². The molecule has 30 heavy (non-hydrogen) atoms. The zero-order valence-corrected chi connectivity index (χ0v) is 17.5. The first kappa shape index (κ1) is 21.1. The first-order chi connectivity index (χ1) is 14.7. The number of benzene rings is 1. The van der Waals surface area contributed by atoms with Crippen molar-refractivity contribution < 1.29 is 28.5 Å². The Bertz CT molecular complexity index is 749. The molecule has 2 amide bonds. The van der Waals surface area contributed by atoms with Gasteiger partial charge in [-0.3, -0.25) is 9.69 Å². The summed E-state index contributed by atoms with van der Waals surface area (Å²) in [6, 6.07) is 8.36. The van der Waals surface area contributed by atoms with E-state index in [9.17, 15) is 9.59 Å². The number of likely N-dealkylation sites (tertiary alicyclic amines) is 1. The topological polar surface area (TPSA) is 77.5 Å². The molecule has 164 valence electrons. The minimum Gasteiger partial charge on any atom is -0.443 e. The molecule has 1 aliphatic carbocycles. The Morgan fingerprint density at radius 2 is 1.83 bits per heavy atom. The molecule has 2 heterocycles. The van der Waals surface area contributed by atoms with Crippen LogP contribution in [0.2, 0.25) is 0 Å². The van der Waals surface area contributed by atoms with Gasteiger partial charge in [0.05, 0.1) is 32.5 Å². The fourth-order valence-electron chi connectivity index (χ4n) is 4.66. The molecule has 2 saturated heterocycles. The van der Waals surface area contributed by atoms with Gasteiger partial charge in [0.15, 0.2) is 0 Å². The van der Waals surface area contributed by atoms with E-state index in [1.54, 1.807) is 7.11 Å². The van der Waals surface area contributed by atoms with Crippen molar-refractivity contribution in [2.45, 2.75) is 37.5 Å². The van der Waals surface area contributed by atoms with Crippen molar-refractivity contribution in [3.8, 4) is 0 Å². The summed E-state index contributed by atoms with van der Waals surface area (Å²) in [7, 11) is 1.62. The standard InChI is InChI=1S/C22H30N2O6/c1-27-10-11-28-12-13-29-15-20(25)23-8-6-17(7-9-23)24-21-18-5-3-2-4-16(18)14-19(21)30-22(24)26/h2-5,17,19,21H,6-15H2,1H3. The van der Waals surface area contributed by atoms with E-state index in [1.165, 1.54) is 11.1 Å². The third kappa shape index (κ3) is 4.45. The minimum atomic E-state index is -0.221. The number of hydrogen-bond donors (Lipinski definition) is 0. The third-order valence-electron chi connectivity index (χ3n) is 6.15. The van der Waals surface area contributed by atoms with Crippen LogP contribution in [0.1, 0.15) is 30.0 Å². The van der Waals surface area contributed by atoms with Crippen molar-refractivity contribution in [3.63, 3.8) is 0 Å². The average Bonchev–Trinajstić information content (AvgIpc) is 3.27. The van der Waals surface area contributed by atoms with Gasteiger partial charge in [-0.1, -0.05) is 24.3 Å². The Morgan fingerprint density at radius 3 is 2.63 bits per heavy atom. The predicted molar refractivity (Wildman–Crippen MR) is 108 cm³/mol. The predicted octanol–water partition coefficient (Wildman–Crippen LogP) is 1.78. The molecule has 0 N–H and O–H groups in total. The maximum Gasteiger partial charge on any atom is 0.411 e. The number of nitrogens with zero attached hydrogens (tertiary/aromatic N) is 2. The normalized spacial score (nSPS) is 23.4. The number of fused-ring (bicyclic) bond motifs is 3. The number of hydrogen-bond acceptors (Lipinski definition) is 6. The highest BCUT2D eigenvalue weighted by Crippen LogP contribution is 2.44. The molecule has 8 heteroatoms. The molecule has 1 aromatic carbocycles. The summed E-state index contributed by atoms with van der Waals surface area (Å²) < 4.78 is 21.3. The van der Waals surface area contributed by atoms with E-state index >= 15 is 0 Å². The Kier molecular flexibility index (Phi) is 6.86. The number of ether oxygens (including phenoxy) is 4. The van der Waals surface area contributed by atoms with Crippen molar-refractivity contribution >= 4 is 12.0 Å². The van der Waals surface area contributed by atoms with Gasteiger partial charge in [0.25, 0.3) is 0 Å². The second kappa shape index (κ2) is 9.76. The van der Waals surface area contributed by atoms with Crippen LogP contribution in [0.25, 0.3) is 0 Å². The quantitative estimate of drug-likeness (QED) is 0.569. The summed E-state index contributed by atoms with van der Waals surface area (Å²) in [6.45, 7) is 3.20. The van der Waals surface area contributed by atoms with E-state index in [0.29, 0.717) is 39.5 Å². The smallest absolute Gasteiger partial charge is 0.411 e. The molecule has 3 aliphatic rings. The van der Waals surface area contributed by atoms with E-state index in [1.807, 2.05) is 21.9 Å². The highest BCUT2D eigenvalue weighted by Gasteiger charge is 2.50. The second-order valence-electron chi connectivity index (χ2n) is 7.95. The molecule has 0 spiro atoms. The molecule has 1 aromatic rings. The molecule has 2 atom stereocenters. The lowest BCUT2D eigenvalue weighted by Gasteiger charge is -2.37. The summed E-state index contributed by atoms with van der Waals surface area (Å²) in [6.07, 6.45) is 1.99. The SMILES string of the molecule is COCCOCCOCC(=O)N1CCC(N2C(=O)OC3Cc4ccccc4C32)CC1. The fourth-order valence-corrected chi connectivity index (χ4v) is 4.66. The van der Waals surface area contributed by atoms with Crippen molar-refractivity contribution in [1.82, 2.24) is 9.80 Å². The van der Waals surface area contributed by atoms with Crippen LogP contribution < -0.4 is 0 Å². The van der Waals surface area contributed by atoms with E-state index in [4.69, 9.17) is 18.9 Å². The van der Waals surface area contributed by atoms with Crippen LogP contribution >= 0.6 is 0 Å². The average molecular weight is 418 g/mol. The van der Waals surface area contributed by atoms with Crippen LogP contribution in [0, 0.1) is 0 Å². The van der Waals surface area contributed by atoms with Crippen LogP contribution in [0.15, 0.2) is 24.3 Å². The maximum atomic E-state index is 12.6. The van der Waals surface area contributed by atoms with Gasteiger partial charge in [-0.05, 0) is 24.0 Å². The summed E-state index contributed by atoms with van der Waals surface area (Å²) >= 11 is 0. The van der Waals surface area contributed by atoms with Crippen molar-refractivity contribution in [1.29, 1.82) is 0 Å². The summed E-state index contributed by atoms with van der Waals surface area (Å²) in [5, 5.41) is 0. The minimum absolute atomic E-state index is 0.00222. The fraction of sp³-hybridized carbons (Fsp3) is 0.636. The highest BCUT2D eigenvalue weighted by molar-refractivity contribution is 5.77. The molecule has 0 aromatic heterocycles. The van der Waals surface area contributed by atoms with Gasteiger partial charge in [0.2, 0.25) is 5.91 Å². The van der Waals surface area contributed by atoms with Gasteiger partial charge >= 0.3 is 6.09 Å². The van der Waals surface area contributed by atoms with Gasteiger partial charge in [0.1, 0.15) is 12.7 Å². The number of amides is 2. The third-order valence-corrected chi connectivity index (χ3v) is 6.15. The number of methoxy groups -OCH3 is 1. The zero-order chi connectivity index (χ0) is 20.9. The van der Waals surface area contributed by atoms with E-state index in [-0.39, 0.29) is 36.8 Å². The number of carbonyl (C=O) groups is 2. The van der Waals surface area contributed by atoms with Gasteiger partial charge < -0.3 is 23.8 Å². The first-order valence-corrected chi connectivity index (χ1v) is 10.7. The Labute approximate surface area is 177 Å². The Hall–Kier alpha value is -2.16. The number of rotatable bonds is 9. The molecule has 0 radical (unpaired) electrons. The summed E-state index contributed by atoms with van der Waals surface area (Å²) in [5.74, 6) is -0.0153. The molecule has 4 rings (SSSR count). The molecular weight excluding hydrogens is 388 g/mol. The number of piperidine rings is 1. The summed E-state index contributed by atoms with van der Waals surface area (Å²) in [4.78, 5) is 28.7. The van der Waals surface area contributed by atoms with Crippen molar-refractivity contribution in [2.24, 2.45) is 0 Å². The highest BCUT2D eigenvalue weighted by atomic mass is 16.6. The van der Waals surface area contributed by atoms with E-state index in [2.05, 4.69) is 12.1 Å². The van der Waals surface area contributed by atoms with Crippen LogP contribution in [0.5, 0.6) is 0 Å². The van der Waals surface area contributed by atoms with Crippen molar-refractivity contribution in [2.75, 3.05) is 53.2 Å². The van der Waals surface area contributed by atoms with Crippen LogP contribution in [-0.2, 0) is 30.2 Å². The molecule has 0 saturated carbocycles. The lowest BCUT2D eigenvalue weighted by Crippen LogP contribution is -2.48. The molecule has 2 fully saturated rings. The lowest BCUT2D eigenvalue weighted by atomic mass is 9.99. The number of carbonyl (C=O) groups excluding carboxylic acids is 2. The van der Waals surface area contributed by atoms with E-state index < -0.39 is 0 Å². The van der Waals surface area contributed by atoms with Gasteiger partial charge in [-0.2, -0.15) is 0 Å². The monoisotopic (exact) mass is 418 g/mol. The van der Waals surface area contributed by atoms with Gasteiger partial charge in [0, 0.05) is 32.7 Å².